The molecule has 2 aromatic carbocycles. The van der Waals surface area contributed by atoms with Gasteiger partial charge in [-0.05, 0) is 24.1 Å². The van der Waals surface area contributed by atoms with Gasteiger partial charge in [0.2, 0.25) is 5.91 Å². The number of para-hydroxylation sites is 1. The van der Waals surface area contributed by atoms with E-state index in [9.17, 15) is 9.59 Å². The van der Waals surface area contributed by atoms with E-state index < -0.39 is 5.41 Å². The van der Waals surface area contributed by atoms with Crippen molar-refractivity contribution in [2.24, 2.45) is 0 Å². The van der Waals surface area contributed by atoms with Crippen molar-refractivity contribution in [2.45, 2.75) is 18.8 Å². The van der Waals surface area contributed by atoms with Crippen LogP contribution in [0.2, 0.25) is 0 Å². The molecule has 1 unspecified atom stereocenters. The predicted molar refractivity (Wildman–Crippen MR) is 82.6 cm³/mol. The molecule has 0 aliphatic carbocycles. The standard InChI is InChI=1S/C18H17NO2/c1-3-18(13-9-5-4-6-10-13)16(20)14-11-7-8-12-15(14)19(2)17(18)21/h4-12H,3H2,1-2H3. The van der Waals surface area contributed by atoms with Crippen LogP contribution in [0, 0.1) is 0 Å². The van der Waals surface area contributed by atoms with Crippen LogP contribution < -0.4 is 4.90 Å². The molecule has 0 aromatic heterocycles. The quantitative estimate of drug-likeness (QED) is 0.792. The number of likely N-dealkylation sites (N-methyl/N-ethyl adjacent to an activating group) is 1. The molecule has 0 saturated carbocycles. The summed E-state index contributed by atoms with van der Waals surface area (Å²) in [5, 5.41) is 0. The summed E-state index contributed by atoms with van der Waals surface area (Å²) in [5.74, 6) is -0.255. The third-order valence-electron chi connectivity index (χ3n) is 4.36. The zero-order valence-corrected chi connectivity index (χ0v) is 12.2. The van der Waals surface area contributed by atoms with Gasteiger partial charge in [-0.2, -0.15) is 0 Å². The monoisotopic (exact) mass is 279 g/mol. The minimum Gasteiger partial charge on any atom is -0.314 e. The van der Waals surface area contributed by atoms with E-state index in [1.54, 1.807) is 18.0 Å². The molecule has 0 N–H and O–H groups in total. The van der Waals surface area contributed by atoms with E-state index >= 15 is 0 Å². The van der Waals surface area contributed by atoms with Crippen LogP contribution in [0.25, 0.3) is 0 Å². The van der Waals surface area contributed by atoms with Crippen LogP contribution in [0.5, 0.6) is 0 Å². The second-order valence-corrected chi connectivity index (χ2v) is 5.34. The van der Waals surface area contributed by atoms with Gasteiger partial charge in [-0.15, -0.1) is 0 Å². The smallest absolute Gasteiger partial charge is 0.245 e. The molecular formula is C18H17NO2. The molecular weight excluding hydrogens is 262 g/mol. The summed E-state index contributed by atoms with van der Waals surface area (Å²) in [6.45, 7) is 1.89. The van der Waals surface area contributed by atoms with Crippen LogP contribution in [-0.4, -0.2) is 18.7 Å². The van der Waals surface area contributed by atoms with Crippen molar-refractivity contribution in [1.29, 1.82) is 0 Å². The highest BCUT2D eigenvalue weighted by Crippen LogP contribution is 2.41. The first-order chi connectivity index (χ1) is 10.1. The summed E-state index contributed by atoms with van der Waals surface area (Å²) in [5.41, 5.74) is 0.964. The third kappa shape index (κ3) is 1.74. The summed E-state index contributed by atoms with van der Waals surface area (Å²) in [4.78, 5) is 27.6. The molecule has 3 nitrogen and oxygen atoms in total. The van der Waals surface area contributed by atoms with E-state index in [-0.39, 0.29) is 11.7 Å². The fourth-order valence-electron chi connectivity index (χ4n) is 3.17. The Balaban J connectivity index is 2.28. The maximum absolute atomic E-state index is 13.1. The van der Waals surface area contributed by atoms with Crippen molar-refractivity contribution < 1.29 is 9.59 Å². The van der Waals surface area contributed by atoms with Gasteiger partial charge in [-0.3, -0.25) is 9.59 Å². The number of nitrogens with zero attached hydrogens (tertiary/aromatic N) is 1. The number of benzene rings is 2. The van der Waals surface area contributed by atoms with Crippen LogP contribution in [0.15, 0.2) is 54.6 Å². The highest BCUT2D eigenvalue weighted by atomic mass is 16.2. The molecule has 0 saturated heterocycles. The summed E-state index contributed by atoms with van der Waals surface area (Å²) in [6.07, 6.45) is 0.452. The molecule has 2 aromatic rings. The van der Waals surface area contributed by atoms with Crippen LogP contribution in [0.4, 0.5) is 5.69 Å². The number of hydrogen-bond acceptors (Lipinski definition) is 2. The number of hydrogen-bond donors (Lipinski definition) is 0. The molecule has 1 aliphatic heterocycles. The maximum atomic E-state index is 13.1. The van der Waals surface area contributed by atoms with Gasteiger partial charge in [0.25, 0.3) is 0 Å². The second-order valence-electron chi connectivity index (χ2n) is 5.34. The molecule has 1 heterocycles. The number of Topliss-reactive ketones (excluding diaryl/α,β-unsaturated/α-hetero) is 1. The average Bonchev–Trinajstić information content (AvgIpc) is 2.55. The molecule has 0 radical (unpaired) electrons. The van der Waals surface area contributed by atoms with Crippen molar-refractivity contribution in [2.75, 3.05) is 11.9 Å². The Morgan fingerprint density at radius 3 is 2.24 bits per heavy atom. The van der Waals surface area contributed by atoms with Crippen molar-refractivity contribution in [1.82, 2.24) is 0 Å². The number of anilines is 1. The van der Waals surface area contributed by atoms with Crippen molar-refractivity contribution in [3.05, 3.63) is 65.7 Å². The van der Waals surface area contributed by atoms with Crippen molar-refractivity contribution >= 4 is 17.4 Å². The number of carbonyl (C=O) groups is 2. The fourth-order valence-corrected chi connectivity index (χ4v) is 3.17. The molecule has 0 fully saturated rings. The first-order valence-electron chi connectivity index (χ1n) is 7.10. The number of carbonyl (C=O) groups excluding carboxylic acids is 2. The minimum atomic E-state index is -1.11. The summed E-state index contributed by atoms with van der Waals surface area (Å²) in [6, 6.07) is 16.7. The average molecular weight is 279 g/mol. The van der Waals surface area contributed by atoms with Gasteiger partial charge in [-0.25, -0.2) is 0 Å². The number of amides is 1. The molecule has 3 rings (SSSR count). The third-order valence-corrected chi connectivity index (χ3v) is 4.36. The predicted octanol–water partition coefficient (Wildman–Crippen LogP) is 3.19. The zero-order valence-electron chi connectivity index (χ0n) is 12.2. The molecule has 0 spiro atoms. The highest BCUT2D eigenvalue weighted by molar-refractivity contribution is 6.28. The maximum Gasteiger partial charge on any atom is 0.245 e. The van der Waals surface area contributed by atoms with E-state index in [0.717, 1.165) is 5.56 Å². The number of fused-ring (bicyclic) bond motifs is 1. The molecule has 0 bridgehead atoms. The Bertz CT molecular complexity index is 708. The Labute approximate surface area is 124 Å². The largest absolute Gasteiger partial charge is 0.314 e. The SMILES string of the molecule is CCC1(c2ccccc2)C(=O)c2ccccc2N(C)C1=O. The van der Waals surface area contributed by atoms with Gasteiger partial charge in [0.1, 0.15) is 5.41 Å². The lowest BCUT2D eigenvalue weighted by molar-refractivity contribution is -0.122. The van der Waals surface area contributed by atoms with E-state index in [1.807, 2.05) is 55.5 Å². The van der Waals surface area contributed by atoms with Crippen LogP contribution >= 0.6 is 0 Å². The molecule has 1 atom stereocenters. The van der Waals surface area contributed by atoms with Gasteiger partial charge in [-0.1, -0.05) is 49.4 Å². The summed E-state index contributed by atoms with van der Waals surface area (Å²) >= 11 is 0. The van der Waals surface area contributed by atoms with Gasteiger partial charge < -0.3 is 4.90 Å². The van der Waals surface area contributed by atoms with Crippen molar-refractivity contribution in [3.8, 4) is 0 Å². The Hall–Kier alpha value is -2.42. The number of rotatable bonds is 2. The second kappa shape index (κ2) is 4.85. The molecule has 1 amide bonds. The normalized spacial score (nSPS) is 21.3. The van der Waals surface area contributed by atoms with Gasteiger partial charge in [0.05, 0.1) is 5.69 Å². The topological polar surface area (TPSA) is 37.4 Å². The fraction of sp³-hybridized carbons (Fsp3) is 0.222. The number of ketones is 1. The zero-order chi connectivity index (χ0) is 15.0. The van der Waals surface area contributed by atoms with Crippen LogP contribution in [-0.2, 0) is 10.2 Å². The highest BCUT2D eigenvalue weighted by Gasteiger charge is 2.51. The lowest BCUT2D eigenvalue weighted by Crippen LogP contribution is -2.54. The molecule has 106 valence electrons. The van der Waals surface area contributed by atoms with Crippen molar-refractivity contribution in [3.63, 3.8) is 0 Å². The van der Waals surface area contributed by atoms with Gasteiger partial charge >= 0.3 is 0 Å². The Morgan fingerprint density at radius 2 is 1.57 bits per heavy atom. The minimum absolute atomic E-state index is 0.102. The van der Waals surface area contributed by atoms with E-state index in [2.05, 4.69) is 0 Å². The summed E-state index contributed by atoms with van der Waals surface area (Å²) < 4.78 is 0. The van der Waals surface area contributed by atoms with Crippen LogP contribution in [0.1, 0.15) is 29.3 Å². The summed E-state index contributed by atoms with van der Waals surface area (Å²) in [7, 11) is 1.74. The Kier molecular flexibility index (Phi) is 3.13. The van der Waals surface area contributed by atoms with E-state index in [4.69, 9.17) is 0 Å². The molecule has 3 heteroatoms. The molecule has 21 heavy (non-hydrogen) atoms. The van der Waals surface area contributed by atoms with Crippen LogP contribution in [0.3, 0.4) is 0 Å². The first-order valence-corrected chi connectivity index (χ1v) is 7.10. The lowest BCUT2D eigenvalue weighted by Gasteiger charge is -2.39. The Morgan fingerprint density at radius 1 is 0.952 bits per heavy atom. The van der Waals surface area contributed by atoms with E-state index in [0.29, 0.717) is 17.7 Å². The molecule has 1 aliphatic rings. The van der Waals surface area contributed by atoms with Gasteiger partial charge in [0, 0.05) is 12.6 Å². The van der Waals surface area contributed by atoms with Gasteiger partial charge in [0.15, 0.2) is 5.78 Å². The first kappa shape index (κ1) is 13.6. The lowest BCUT2D eigenvalue weighted by atomic mass is 9.69. The van der Waals surface area contributed by atoms with E-state index in [1.165, 1.54) is 0 Å².